The number of aliphatic carboxylic acids is 1. The number of carbonyl (C=O) groups excluding carboxylic acids is 1. The average Bonchev–Trinajstić information content (AvgIpc) is 2.42. The molecule has 1 aromatic rings. The lowest BCUT2D eigenvalue weighted by atomic mass is 10.2. The molecule has 0 aliphatic heterocycles. The molecule has 0 radical (unpaired) electrons. The highest BCUT2D eigenvalue weighted by molar-refractivity contribution is 5.93. The number of rotatable bonds is 6. The molecular weight excluding hydrogens is 276 g/mol. The Morgan fingerprint density at radius 2 is 1.90 bits per heavy atom. The minimum atomic E-state index is -1.08. The number of amides is 1. The second-order valence-corrected chi connectivity index (χ2v) is 4.64. The van der Waals surface area contributed by atoms with E-state index in [4.69, 9.17) is 5.11 Å². The maximum absolute atomic E-state index is 11.9. The lowest BCUT2D eigenvalue weighted by Crippen LogP contribution is -2.39. The molecule has 0 unspecified atom stereocenters. The summed E-state index contributed by atoms with van der Waals surface area (Å²) in [6, 6.07) is 5.45. The van der Waals surface area contributed by atoms with Crippen molar-refractivity contribution in [3.05, 3.63) is 46.0 Å². The minimum absolute atomic E-state index is 0.0341. The van der Waals surface area contributed by atoms with Gasteiger partial charge in [0, 0.05) is 24.3 Å². The molecule has 21 heavy (non-hydrogen) atoms. The summed E-state index contributed by atoms with van der Waals surface area (Å²) in [4.78, 5) is 33.9. The molecule has 1 rings (SSSR count). The van der Waals surface area contributed by atoms with Gasteiger partial charge in [-0.2, -0.15) is 0 Å². The first kappa shape index (κ1) is 16.4. The van der Waals surface area contributed by atoms with E-state index in [0.717, 1.165) is 0 Å². The van der Waals surface area contributed by atoms with Gasteiger partial charge < -0.3 is 10.0 Å². The largest absolute Gasteiger partial charge is 0.480 e. The van der Waals surface area contributed by atoms with Gasteiger partial charge in [0.15, 0.2) is 0 Å². The summed E-state index contributed by atoms with van der Waals surface area (Å²) in [6.07, 6.45) is 2.74. The molecule has 0 aliphatic rings. The third kappa shape index (κ3) is 5.06. The summed E-state index contributed by atoms with van der Waals surface area (Å²) in [6.45, 7) is 3.07. The van der Waals surface area contributed by atoms with E-state index in [2.05, 4.69) is 0 Å². The molecule has 0 heterocycles. The SMILES string of the molecule is CC(C)N(CC(=O)O)C(=O)/C=C/c1ccc([N+](=O)[O-])cc1. The first-order valence-electron chi connectivity index (χ1n) is 6.26. The normalized spacial score (nSPS) is 10.8. The van der Waals surface area contributed by atoms with Crippen molar-refractivity contribution in [3.63, 3.8) is 0 Å². The molecule has 0 saturated heterocycles. The van der Waals surface area contributed by atoms with Crippen LogP contribution in [-0.2, 0) is 9.59 Å². The summed E-state index contributed by atoms with van der Waals surface area (Å²) in [5.41, 5.74) is 0.584. The highest BCUT2D eigenvalue weighted by Crippen LogP contribution is 2.13. The zero-order chi connectivity index (χ0) is 16.0. The van der Waals surface area contributed by atoms with Crippen molar-refractivity contribution >= 4 is 23.6 Å². The Labute approximate surface area is 121 Å². The van der Waals surface area contributed by atoms with Crippen molar-refractivity contribution in [1.29, 1.82) is 0 Å². The molecule has 1 amide bonds. The van der Waals surface area contributed by atoms with Crippen molar-refractivity contribution in [2.45, 2.75) is 19.9 Å². The Balaban J connectivity index is 2.80. The van der Waals surface area contributed by atoms with E-state index in [-0.39, 0.29) is 18.3 Å². The van der Waals surface area contributed by atoms with E-state index in [1.54, 1.807) is 13.8 Å². The molecule has 7 heteroatoms. The van der Waals surface area contributed by atoms with Crippen LogP contribution in [0.25, 0.3) is 6.08 Å². The minimum Gasteiger partial charge on any atom is -0.480 e. The molecule has 0 bridgehead atoms. The fourth-order valence-corrected chi connectivity index (χ4v) is 1.63. The summed E-state index contributed by atoms with van der Waals surface area (Å²) < 4.78 is 0. The Morgan fingerprint density at radius 3 is 2.33 bits per heavy atom. The summed E-state index contributed by atoms with van der Waals surface area (Å²) in [5.74, 6) is -1.51. The lowest BCUT2D eigenvalue weighted by Gasteiger charge is -2.23. The van der Waals surface area contributed by atoms with Crippen molar-refractivity contribution in [2.75, 3.05) is 6.54 Å². The molecular formula is C14H16N2O5. The second-order valence-electron chi connectivity index (χ2n) is 4.64. The highest BCUT2D eigenvalue weighted by atomic mass is 16.6. The molecule has 112 valence electrons. The van der Waals surface area contributed by atoms with Crippen molar-refractivity contribution in [2.24, 2.45) is 0 Å². The third-order valence-electron chi connectivity index (χ3n) is 2.73. The number of carboxylic acid groups (broad SMARTS) is 1. The van der Waals surface area contributed by atoms with E-state index in [9.17, 15) is 19.7 Å². The number of non-ortho nitro benzene ring substituents is 1. The van der Waals surface area contributed by atoms with Crippen LogP contribution < -0.4 is 0 Å². The Hall–Kier alpha value is -2.70. The van der Waals surface area contributed by atoms with Gasteiger partial charge in [0.2, 0.25) is 5.91 Å². The molecule has 0 spiro atoms. The van der Waals surface area contributed by atoms with E-state index < -0.39 is 16.8 Å². The summed E-state index contributed by atoms with van der Waals surface area (Å²) in [7, 11) is 0. The van der Waals surface area contributed by atoms with Gasteiger partial charge in [0.1, 0.15) is 6.54 Å². The zero-order valence-corrected chi connectivity index (χ0v) is 11.7. The lowest BCUT2D eigenvalue weighted by molar-refractivity contribution is -0.384. The third-order valence-corrected chi connectivity index (χ3v) is 2.73. The number of benzene rings is 1. The van der Waals surface area contributed by atoms with Crippen molar-refractivity contribution in [1.82, 2.24) is 4.90 Å². The molecule has 1 aromatic carbocycles. The van der Waals surface area contributed by atoms with Gasteiger partial charge in [-0.1, -0.05) is 0 Å². The van der Waals surface area contributed by atoms with Crippen molar-refractivity contribution < 1.29 is 19.6 Å². The van der Waals surface area contributed by atoms with E-state index in [1.165, 1.54) is 41.3 Å². The maximum Gasteiger partial charge on any atom is 0.323 e. The van der Waals surface area contributed by atoms with Gasteiger partial charge in [0.25, 0.3) is 5.69 Å². The second kappa shape index (κ2) is 7.18. The molecule has 0 saturated carbocycles. The Bertz CT molecular complexity index is 563. The predicted octanol–water partition coefficient (Wildman–Crippen LogP) is 1.93. The van der Waals surface area contributed by atoms with Crippen LogP contribution in [-0.4, -0.2) is 39.4 Å². The number of hydrogen-bond donors (Lipinski definition) is 1. The molecule has 0 fully saturated rings. The zero-order valence-electron chi connectivity index (χ0n) is 11.7. The number of carbonyl (C=O) groups is 2. The van der Waals surface area contributed by atoms with Gasteiger partial charge in [-0.15, -0.1) is 0 Å². The number of nitro groups is 1. The van der Waals surface area contributed by atoms with Crippen LogP contribution in [0.2, 0.25) is 0 Å². The quantitative estimate of drug-likeness (QED) is 0.490. The number of nitrogens with zero attached hydrogens (tertiary/aromatic N) is 2. The van der Waals surface area contributed by atoms with Crippen molar-refractivity contribution in [3.8, 4) is 0 Å². The summed E-state index contributed by atoms with van der Waals surface area (Å²) >= 11 is 0. The van der Waals surface area contributed by atoms with E-state index in [1.807, 2.05) is 0 Å². The van der Waals surface area contributed by atoms with Crippen LogP contribution in [0.5, 0.6) is 0 Å². The monoisotopic (exact) mass is 292 g/mol. The smallest absolute Gasteiger partial charge is 0.323 e. The van der Waals surface area contributed by atoms with E-state index in [0.29, 0.717) is 5.56 Å². The fraction of sp³-hybridized carbons (Fsp3) is 0.286. The summed E-state index contributed by atoms with van der Waals surface area (Å²) in [5, 5.41) is 19.3. The Kier molecular flexibility index (Phi) is 5.59. The molecule has 0 aliphatic carbocycles. The van der Waals surface area contributed by atoms with Crippen LogP contribution >= 0.6 is 0 Å². The molecule has 1 N–H and O–H groups in total. The average molecular weight is 292 g/mol. The molecule has 0 atom stereocenters. The van der Waals surface area contributed by atoms with Crippen LogP contribution in [0.4, 0.5) is 5.69 Å². The van der Waals surface area contributed by atoms with Crippen LogP contribution in [0.15, 0.2) is 30.3 Å². The van der Waals surface area contributed by atoms with Crippen LogP contribution in [0.3, 0.4) is 0 Å². The van der Waals surface area contributed by atoms with Gasteiger partial charge in [-0.25, -0.2) is 0 Å². The predicted molar refractivity (Wildman–Crippen MR) is 76.6 cm³/mol. The maximum atomic E-state index is 11.9. The molecule has 0 aromatic heterocycles. The van der Waals surface area contributed by atoms with Gasteiger partial charge >= 0.3 is 5.97 Å². The number of carboxylic acids is 1. The highest BCUT2D eigenvalue weighted by Gasteiger charge is 2.17. The number of nitro benzene ring substituents is 1. The van der Waals surface area contributed by atoms with E-state index >= 15 is 0 Å². The first-order chi connectivity index (χ1) is 9.81. The fourth-order valence-electron chi connectivity index (χ4n) is 1.63. The standard InChI is InChI=1S/C14H16N2O5/c1-10(2)15(9-14(18)19)13(17)8-5-11-3-6-12(7-4-11)16(20)21/h3-8,10H,9H2,1-2H3,(H,18,19)/b8-5+. The van der Waals surface area contributed by atoms with Crippen LogP contribution in [0, 0.1) is 10.1 Å². The number of hydrogen-bond acceptors (Lipinski definition) is 4. The molecule has 7 nitrogen and oxygen atoms in total. The van der Waals surface area contributed by atoms with Gasteiger partial charge in [-0.3, -0.25) is 19.7 Å². The first-order valence-corrected chi connectivity index (χ1v) is 6.26. The van der Waals surface area contributed by atoms with Crippen LogP contribution in [0.1, 0.15) is 19.4 Å². The Morgan fingerprint density at radius 1 is 1.33 bits per heavy atom. The topological polar surface area (TPSA) is 101 Å². The van der Waals surface area contributed by atoms with Gasteiger partial charge in [-0.05, 0) is 37.6 Å². The van der Waals surface area contributed by atoms with Gasteiger partial charge in [0.05, 0.1) is 4.92 Å².